The molecule has 1 aromatic rings. The molecule has 1 amide bonds. The molecule has 0 bridgehead atoms. The summed E-state index contributed by atoms with van der Waals surface area (Å²) in [6, 6.07) is 4.60. The van der Waals surface area contributed by atoms with E-state index in [4.69, 9.17) is 5.11 Å². The van der Waals surface area contributed by atoms with Gasteiger partial charge in [-0.15, -0.1) is 6.58 Å². The Morgan fingerprint density at radius 1 is 1.50 bits per heavy atom. The van der Waals surface area contributed by atoms with Gasteiger partial charge in [-0.05, 0) is 24.6 Å². The van der Waals surface area contributed by atoms with Gasteiger partial charge in [0, 0.05) is 12.1 Å². The Hall–Kier alpha value is -2.10. The summed E-state index contributed by atoms with van der Waals surface area (Å²) in [5.74, 6) is -1.22. The van der Waals surface area contributed by atoms with Gasteiger partial charge in [-0.3, -0.25) is 4.79 Å². The average Bonchev–Trinajstić information content (AvgIpc) is 2.21. The standard InChI is InChI=1S/C12H13NO3/c1-3-4-11(14)13-10-7-9(12(15)16)6-5-8(10)2/h3,5-7H,1,4H2,2H3,(H,13,14)(H,15,16). The van der Waals surface area contributed by atoms with Crippen LogP contribution in [0.5, 0.6) is 0 Å². The van der Waals surface area contributed by atoms with E-state index in [0.29, 0.717) is 5.69 Å². The zero-order valence-electron chi connectivity index (χ0n) is 8.99. The number of carbonyl (C=O) groups is 2. The Balaban J connectivity index is 2.94. The van der Waals surface area contributed by atoms with Crippen molar-refractivity contribution >= 4 is 17.6 Å². The number of carboxylic acids is 1. The number of amides is 1. The van der Waals surface area contributed by atoms with Crippen molar-refractivity contribution in [2.45, 2.75) is 13.3 Å². The van der Waals surface area contributed by atoms with Crippen molar-refractivity contribution in [3.05, 3.63) is 42.0 Å². The molecule has 0 heterocycles. The van der Waals surface area contributed by atoms with Crippen molar-refractivity contribution in [2.75, 3.05) is 5.32 Å². The highest BCUT2D eigenvalue weighted by Gasteiger charge is 2.07. The Kier molecular flexibility index (Phi) is 3.83. The molecular weight excluding hydrogens is 206 g/mol. The van der Waals surface area contributed by atoms with Gasteiger partial charge >= 0.3 is 5.97 Å². The summed E-state index contributed by atoms with van der Waals surface area (Å²) in [7, 11) is 0. The van der Waals surface area contributed by atoms with Crippen LogP contribution in [0, 0.1) is 6.92 Å². The van der Waals surface area contributed by atoms with Crippen molar-refractivity contribution in [3.63, 3.8) is 0 Å². The zero-order chi connectivity index (χ0) is 12.1. The number of hydrogen-bond acceptors (Lipinski definition) is 2. The number of carboxylic acid groups (broad SMARTS) is 1. The van der Waals surface area contributed by atoms with Crippen LogP contribution in [0.4, 0.5) is 5.69 Å². The average molecular weight is 219 g/mol. The highest BCUT2D eigenvalue weighted by Crippen LogP contribution is 2.17. The zero-order valence-corrected chi connectivity index (χ0v) is 8.99. The second-order valence-electron chi connectivity index (χ2n) is 3.38. The maximum absolute atomic E-state index is 11.3. The lowest BCUT2D eigenvalue weighted by Gasteiger charge is -2.08. The van der Waals surface area contributed by atoms with Crippen LogP contribution in [-0.2, 0) is 4.79 Å². The van der Waals surface area contributed by atoms with E-state index in [1.165, 1.54) is 18.2 Å². The van der Waals surface area contributed by atoms with E-state index < -0.39 is 5.97 Å². The van der Waals surface area contributed by atoms with Crippen molar-refractivity contribution in [1.82, 2.24) is 0 Å². The predicted octanol–water partition coefficient (Wildman–Crippen LogP) is 2.21. The second kappa shape index (κ2) is 5.11. The molecule has 1 aromatic carbocycles. The molecule has 0 aliphatic carbocycles. The maximum Gasteiger partial charge on any atom is 0.335 e. The minimum atomic E-state index is -1.01. The van der Waals surface area contributed by atoms with E-state index >= 15 is 0 Å². The summed E-state index contributed by atoms with van der Waals surface area (Å²) >= 11 is 0. The van der Waals surface area contributed by atoms with Gasteiger partial charge in [-0.2, -0.15) is 0 Å². The van der Waals surface area contributed by atoms with Crippen molar-refractivity contribution < 1.29 is 14.7 Å². The number of rotatable bonds is 4. The lowest BCUT2D eigenvalue weighted by molar-refractivity contribution is -0.115. The predicted molar refractivity (Wildman–Crippen MR) is 61.6 cm³/mol. The van der Waals surface area contributed by atoms with Crippen LogP contribution in [0.25, 0.3) is 0 Å². The number of aryl methyl sites for hydroxylation is 1. The van der Waals surface area contributed by atoms with E-state index in [2.05, 4.69) is 11.9 Å². The maximum atomic E-state index is 11.3. The second-order valence-corrected chi connectivity index (χ2v) is 3.38. The van der Waals surface area contributed by atoms with Gasteiger partial charge < -0.3 is 10.4 Å². The first-order valence-electron chi connectivity index (χ1n) is 4.79. The van der Waals surface area contributed by atoms with Crippen LogP contribution in [0.15, 0.2) is 30.9 Å². The molecule has 0 aromatic heterocycles. The molecule has 16 heavy (non-hydrogen) atoms. The molecule has 0 saturated carbocycles. The molecule has 0 saturated heterocycles. The first-order chi connectivity index (χ1) is 7.54. The number of carbonyl (C=O) groups excluding carboxylic acids is 1. The number of nitrogens with one attached hydrogen (secondary N) is 1. The fraction of sp³-hybridized carbons (Fsp3) is 0.167. The van der Waals surface area contributed by atoms with Crippen LogP contribution in [0.1, 0.15) is 22.3 Å². The third kappa shape index (κ3) is 2.95. The SMILES string of the molecule is C=CCC(=O)Nc1cc(C(=O)O)ccc1C. The molecule has 84 valence electrons. The summed E-state index contributed by atoms with van der Waals surface area (Å²) in [6.45, 7) is 5.26. The van der Waals surface area contributed by atoms with Gasteiger partial charge in [0.05, 0.1) is 5.56 Å². The quantitative estimate of drug-likeness (QED) is 0.763. The fourth-order valence-electron chi connectivity index (χ4n) is 1.22. The van der Waals surface area contributed by atoms with Crippen LogP contribution >= 0.6 is 0 Å². The Morgan fingerprint density at radius 3 is 2.75 bits per heavy atom. The molecule has 0 aliphatic rings. The molecule has 0 fully saturated rings. The van der Waals surface area contributed by atoms with Crippen LogP contribution < -0.4 is 5.32 Å². The lowest BCUT2D eigenvalue weighted by atomic mass is 10.1. The highest BCUT2D eigenvalue weighted by molar-refractivity contribution is 5.95. The van der Waals surface area contributed by atoms with E-state index in [9.17, 15) is 9.59 Å². The normalized spacial score (nSPS) is 9.56. The van der Waals surface area contributed by atoms with Crippen molar-refractivity contribution in [1.29, 1.82) is 0 Å². The Morgan fingerprint density at radius 2 is 2.19 bits per heavy atom. The molecule has 0 aliphatic heterocycles. The fourth-order valence-corrected chi connectivity index (χ4v) is 1.22. The van der Waals surface area contributed by atoms with Gasteiger partial charge in [0.2, 0.25) is 5.91 Å². The Labute approximate surface area is 93.6 Å². The van der Waals surface area contributed by atoms with E-state index in [1.807, 2.05) is 0 Å². The topological polar surface area (TPSA) is 66.4 Å². The molecule has 4 nitrogen and oxygen atoms in total. The molecule has 1 rings (SSSR count). The third-order valence-corrected chi connectivity index (χ3v) is 2.09. The molecular formula is C12H13NO3. The summed E-state index contributed by atoms with van der Waals surface area (Å²) in [6.07, 6.45) is 1.70. The summed E-state index contributed by atoms with van der Waals surface area (Å²) in [4.78, 5) is 22.1. The molecule has 2 N–H and O–H groups in total. The molecule has 0 spiro atoms. The summed E-state index contributed by atoms with van der Waals surface area (Å²) in [5.41, 5.74) is 1.49. The van der Waals surface area contributed by atoms with Gasteiger partial charge in [0.15, 0.2) is 0 Å². The Bertz CT molecular complexity index is 438. The van der Waals surface area contributed by atoms with Gasteiger partial charge in [-0.25, -0.2) is 4.79 Å². The van der Waals surface area contributed by atoms with Crippen LogP contribution in [0.2, 0.25) is 0 Å². The summed E-state index contributed by atoms with van der Waals surface area (Å²) < 4.78 is 0. The molecule has 0 atom stereocenters. The minimum absolute atomic E-state index is 0.152. The lowest BCUT2D eigenvalue weighted by Crippen LogP contribution is -2.11. The largest absolute Gasteiger partial charge is 0.478 e. The summed E-state index contributed by atoms with van der Waals surface area (Å²) in [5, 5.41) is 11.4. The highest BCUT2D eigenvalue weighted by atomic mass is 16.4. The first-order valence-corrected chi connectivity index (χ1v) is 4.79. The van der Waals surface area contributed by atoms with Gasteiger partial charge in [0.1, 0.15) is 0 Å². The molecule has 0 unspecified atom stereocenters. The van der Waals surface area contributed by atoms with Gasteiger partial charge in [-0.1, -0.05) is 12.1 Å². The van der Waals surface area contributed by atoms with E-state index in [0.717, 1.165) is 5.56 Å². The number of hydrogen-bond donors (Lipinski definition) is 2. The number of aromatic carboxylic acids is 1. The minimum Gasteiger partial charge on any atom is -0.478 e. The molecule has 4 heteroatoms. The van der Waals surface area contributed by atoms with Crippen LogP contribution in [-0.4, -0.2) is 17.0 Å². The number of anilines is 1. The number of benzene rings is 1. The monoisotopic (exact) mass is 219 g/mol. The third-order valence-electron chi connectivity index (χ3n) is 2.09. The smallest absolute Gasteiger partial charge is 0.335 e. The van der Waals surface area contributed by atoms with Gasteiger partial charge in [0.25, 0.3) is 0 Å². The van der Waals surface area contributed by atoms with E-state index in [1.54, 1.807) is 13.0 Å². The van der Waals surface area contributed by atoms with E-state index in [-0.39, 0.29) is 17.9 Å². The molecule has 0 radical (unpaired) electrons. The van der Waals surface area contributed by atoms with Crippen molar-refractivity contribution in [3.8, 4) is 0 Å². The van der Waals surface area contributed by atoms with Crippen molar-refractivity contribution in [2.24, 2.45) is 0 Å². The first kappa shape index (κ1) is 12.0. The van der Waals surface area contributed by atoms with Crippen LogP contribution in [0.3, 0.4) is 0 Å².